The van der Waals surface area contributed by atoms with E-state index in [2.05, 4.69) is 4.98 Å². The van der Waals surface area contributed by atoms with Gasteiger partial charge in [-0.25, -0.2) is 8.78 Å². The second-order valence-corrected chi connectivity index (χ2v) is 4.49. The smallest absolute Gasteiger partial charge is 0.278 e. The van der Waals surface area contributed by atoms with Crippen LogP contribution in [0, 0.1) is 0 Å². The highest BCUT2D eigenvalue weighted by Crippen LogP contribution is 2.33. The van der Waals surface area contributed by atoms with Gasteiger partial charge in [-0.05, 0) is 6.07 Å². The van der Waals surface area contributed by atoms with Crippen LogP contribution in [-0.2, 0) is 0 Å². The predicted octanol–water partition coefficient (Wildman–Crippen LogP) is 4.43. The van der Waals surface area contributed by atoms with Crippen molar-refractivity contribution in [3.63, 3.8) is 0 Å². The fraction of sp³-hybridized carbons (Fsp3) is 0.100. The average molecular weight is 299 g/mol. The molecule has 2 nitrogen and oxygen atoms in total. The maximum absolute atomic E-state index is 12.5. The lowest BCUT2D eigenvalue weighted by Crippen LogP contribution is -2.06. The minimum absolute atomic E-state index is 0.00636. The number of H-pyrrole nitrogens is 1. The first kappa shape index (κ1) is 12.6. The molecule has 0 amide bonds. The quantitative estimate of drug-likeness (QED) is 0.776. The van der Waals surface area contributed by atoms with Crippen LogP contribution in [-0.4, -0.2) is 4.98 Å². The third-order valence-electron chi connectivity index (χ3n) is 2.21. The summed E-state index contributed by atoms with van der Waals surface area (Å²) in [5, 5.41) is 0.162. The number of rotatable bonds is 1. The molecule has 0 saturated heterocycles. The van der Waals surface area contributed by atoms with Crippen molar-refractivity contribution in [3.8, 4) is 0 Å². The summed E-state index contributed by atoms with van der Waals surface area (Å²) in [6.45, 7) is 0. The third-order valence-corrected chi connectivity index (χ3v) is 3.29. The molecule has 0 radical (unpaired) electrons. The van der Waals surface area contributed by atoms with E-state index in [9.17, 15) is 13.6 Å². The van der Waals surface area contributed by atoms with Crippen LogP contribution in [0.15, 0.2) is 16.9 Å². The van der Waals surface area contributed by atoms with Gasteiger partial charge in [-0.2, -0.15) is 0 Å². The average Bonchev–Trinajstić information content (AvgIpc) is 2.25. The van der Waals surface area contributed by atoms with Gasteiger partial charge in [-0.1, -0.05) is 34.8 Å². The molecule has 90 valence electrons. The van der Waals surface area contributed by atoms with Gasteiger partial charge in [-0.15, -0.1) is 0 Å². The zero-order valence-corrected chi connectivity index (χ0v) is 10.3. The van der Waals surface area contributed by atoms with Crippen LogP contribution in [0.25, 0.3) is 10.9 Å². The molecular formula is C10H4Cl3F2NO. The molecule has 1 aromatic carbocycles. The van der Waals surface area contributed by atoms with Gasteiger partial charge in [0.15, 0.2) is 5.43 Å². The van der Waals surface area contributed by atoms with Crippen molar-refractivity contribution in [2.24, 2.45) is 0 Å². The first-order chi connectivity index (χ1) is 7.91. The number of aromatic nitrogens is 1. The van der Waals surface area contributed by atoms with Crippen molar-refractivity contribution in [2.45, 2.75) is 6.43 Å². The summed E-state index contributed by atoms with van der Waals surface area (Å²) in [5.41, 5.74) is -1.10. The number of fused-ring (bicyclic) bond motifs is 1. The van der Waals surface area contributed by atoms with Crippen molar-refractivity contribution >= 4 is 45.7 Å². The van der Waals surface area contributed by atoms with Crippen molar-refractivity contribution in [3.05, 3.63) is 43.1 Å². The van der Waals surface area contributed by atoms with Gasteiger partial charge in [-0.3, -0.25) is 4.79 Å². The Morgan fingerprint density at radius 3 is 2.35 bits per heavy atom. The van der Waals surface area contributed by atoms with Crippen LogP contribution >= 0.6 is 34.8 Å². The summed E-state index contributed by atoms with van der Waals surface area (Å²) in [5.74, 6) is 0. The van der Waals surface area contributed by atoms with Crippen molar-refractivity contribution in [1.29, 1.82) is 0 Å². The monoisotopic (exact) mass is 297 g/mol. The lowest BCUT2D eigenvalue weighted by molar-refractivity contribution is 0.146. The number of aromatic amines is 1. The lowest BCUT2D eigenvalue weighted by atomic mass is 10.2. The summed E-state index contributed by atoms with van der Waals surface area (Å²) in [6, 6.07) is 2.07. The normalized spacial score (nSPS) is 11.4. The Kier molecular flexibility index (Phi) is 3.30. The van der Waals surface area contributed by atoms with E-state index in [0.29, 0.717) is 0 Å². The molecule has 1 aromatic heterocycles. The molecule has 0 unspecified atom stereocenters. The van der Waals surface area contributed by atoms with E-state index < -0.39 is 17.5 Å². The molecule has 0 aliphatic heterocycles. The number of hydrogen-bond acceptors (Lipinski definition) is 1. The summed E-state index contributed by atoms with van der Waals surface area (Å²) in [6.07, 6.45) is -2.79. The van der Waals surface area contributed by atoms with E-state index in [0.717, 1.165) is 6.07 Å². The maximum Gasteiger partial charge on any atom is 0.278 e. The maximum atomic E-state index is 12.5. The number of pyridine rings is 1. The number of alkyl halides is 2. The number of hydrogen-bond donors (Lipinski definition) is 1. The Hall–Kier alpha value is -0.840. The third kappa shape index (κ3) is 2.12. The van der Waals surface area contributed by atoms with Gasteiger partial charge >= 0.3 is 0 Å². The molecule has 2 rings (SSSR count). The highest BCUT2D eigenvalue weighted by molar-refractivity contribution is 6.47. The number of nitrogens with one attached hydrogen (secondary N) is 1. The highest BCUT2D eigenvalue weighted by atomic mass is 35.5. The standard InChI is InChI=1S/C10H4Cl3F2NO/c11-3-1-4(12)9-7(8(3)13)6(17)2-5(16-9)10(14)15/h1-2,10H,(H,16,17). The summed E-state index contributed by atoms with van der Waals surface area (Å²) >= 11 is 17.4. The van der Waals surface area contributed by atoms with Crippen LogP contribution in [0.5, 0.6) is 0 Å². The molecule has 17 heavy (non-hydrogen) atoms. The van der Waals surface area contributed by atoms with Crippen LogP contribution in [0.1, 0.15) is 12.1 Å². The van der Waals surface area contributed by atoms with E-state index in [-0.39, 0.29) is 26.0 Å². The predicted molar refractivity (Wildman–Crippen MR) is 64.6 cm³/mol. The molecule has 0 saturated carbocycles. The Balaban J connectivity index is 2.96. The summed E-state index contributed by atoms with van der Waals surface area (Å²) < 4.78 is 25.0. The first-order valence-electron chi connectivity index (χ1n) is 4.40. The Bertz CT molecular complexity index is 654. The highest BCUT2D eigenvalue weighted by Gasteiger charge is 2.16. The second-order valence-electron chi connectivity index (χ2n) is 3.29. The number of benzene rings is 1. The van der Waals surface area contributed by atoms with Crippen molar-refractivity contribution in [1.82, 2.24) is 4.98 Å². The van der Waals surface area contributed by atoms with E-state index in [1.165, 1.54) is 6.07 Å². The topological polar surface area (TPSA) is 32.9 Å². The molecule has 7 heteroatoms. The zero-order chi connectivity index (χ0) is 12.7. The molecule has 0 fully saturated rings. The molecular weight excluding hydrogens is 294 g/mol. The van der Waals surface area contributed by atoms with Crippen LogP contribution in [0.2, 0.25) is 15.1 Å². The number of halogens is 5. The Morgan fingerprint density at radius 1 is 1.12 bits per heavy atom. The van der Waals surface area contributed by atoms with Crippen LogP contribution in [0.3, 0.4) is 0 Å². The minimum atomic E-state index is -2.79. The van der Waals surface area contributed by atoms with Gasteiger partial charge in [0.25, 0.3) is 6.43 Å². The molecule has 0 atom stereocenters. The lowest BCUT2D eigenvalue weighted by Gasteiger charge is -2.07. The minimum Gasteiger partial charge on any atom is -0.352 e. The SMILES string of the molecule is O=c1cc(C(F)F)[nH]c2c(Cl)cc(Cl)c(Cl)c12. The van der Waals surface area contributed by atoms with E-state index in [1.54, 1.807) is 0 Å². The van der Waals surface area contributed by atoms with Crippen LogP contribution in [0.4, 0.5) is 8.78 Å². The fourth-order valence-electron chi connectivity index (χ4n) is 1.46. The van der Waals surface area contributed by atoms with E-state index in [1.807, 2.05) is 0 Å². The molecule has 0 bridgehead atoms. The Labute approximate surface area is 109 Å². The van der Waals surface area contributed by atoms with Gasteiger partial charge in [0.2, 0.25) is 0 Å². The van der Waals surface area contributed by atoms with Crippen molar-refractivity contribution < 1.29 is 8.78 Å². The zero-order valence-electron chi connectivity index (χ0n) is 8.03. The fourth-order valence-corrected chi connectivity index (χ4v) is 2.21. The Morgan fingerprint density at radius 2 is 1.76 bits per heavy atom. The largest absolute Gasteiger partial charge is 0.352 e. The summed E-state index contributed by atoms with van der Waals surface area (Å²) in [7, 11) is 0. The van der Waals surface area contributed by atoms with Gasteiger partial charge in [0, 0.05) is 6.07 Å². The van der Waals surface area contributed by atoms with E-state index in [4.69, 9.17) is 34.8 Å². The molecule has 0 spiro atoms. The second kappa shape index (κ2) is 4.44. The van der Waals surface area contributed by atoms with E-state index >= 15 is 0 Å². The molecule has 2 aromatic rings. The van der Waals surface area contributed by atoms with Gasteiger partial charge in [0.05, 0.1) is 31.7 Å². The molecule has 1 heterocycles. The molecule has 1 N–H and O–H groups in total. The van der Waals surface area contributed by atoms with Gasteiger partial charge < -0.3 is 4.98 Å². The van der Waals surface area contributed by atoms with Crippen LogP contribution < -0.4 is 5.43 Å². The van der Waals surface area contributed by atoms with Crippen molar-refractivity contribution in [2.75, 3.05) is 0 Å². The first-order valence-corrected chi connectivity index (χ1v) is 5.53. The molecule has 0 aliphatic rings. The summed E-state index contributed by atoms with van der Waals surface area (Å²) in [4.78, 5) is 14.1. The van der Waals surface area contributed by atoms with Gasteiger partial charge in [0.1, 0.15) is 0 Å². The molecule has 0 aliphatic carbocycles.